The smallest absolute Gasteiger partial charge is 0.240 e. The Morgan fingerprint density at radius 2 is 1.93 bits per heavy atom. The van der Waals surface area contributed by atoms with Crippen LogP contribution in [0.5, 0.6) is 0 Å². The van der Waals surface area contributed by atoms with Gasteiger partial charge in [0.25, 0.3) is 0 Å². The third-order valence-electron chi connectivity index (χ3n) is 3.74. The normalized spacial score (nSPS) is 34.3. The second kappa shape index (κ2) is 4.10. The van der Waals surface area contributed by atoms with E-state index in [1.54, 1.807) is 0 Å². The zero-order valence-electron chi connectivity index (χ0n) is 9.04. The lowest BCUT2D eigenvalue weighted by Gasteiger charge is -2.39. The van der Waals surface area contributed by atoms with Gasteiger partial charge < -0.3 is 16.2 Å². The Morgan fingerprint density at radius 1 is 1.27 bits per heavy atom. The predicted molar refractivity (Wildman–Crippen MR) is 57.2 cm³/mol. The van der Waals surface area contributed by atoms with E-state index in [0.717, 1.165) is 44.9 Å². The number of aliphatic hydroxyl groups is 1. The van der Waals surface area contributed by atoms with Gasteiger partial charge in [-0.05, 0) is 32.1 Å². The third kappa shape index (κ3) is 2.16. The second-order valence-electron chi connectivity index (χ2n) is 4.94. The molecule has 0 spiro atoms. The van der Waals surface area contributed by atoms with Crippen molar-refractivity contribution in [2.75, 3.05) is 0 Å². The molecule has 15 heavy (non-hydrogen) atoms. The molecule has 0 radical (unpaired) electrons. The Morgan fingerprint density at radius 3 is 2.47 bits per heavy atom. The van der Waals surface area contributed by atoms with Gasteiger partial charge >= 0.3 is 0 Å². The van der Waals surface area contributed by atoms with Crippen molar-refractivity contribution < 1.29 is 9.90 Å². The molecule has 2 atom stereocenters. The minimum atomic E-state index is -0.642. The van der Waals surface area contributed by atoms with Gasteiger partial charge in [-0.25, -0.2) is 0 Å². The molecule has 4 N–H and O–H groups in total. The minimum Gasteiger partial charge on any atom is -0.391 e. The Bertz CT molecular complexity index is 251. The van der Waals surface area contributed by atoms with Crippen molar-refractivity contribution >= 4 is 5.91 Å². The number of nitrogens with two attached hydrogens (primary N) is 1. The summed E-state index contributed by atoms with van der Waals surface area (Å²) in [5, 5.41) is 12.6. The van der Waals surface area contributed by atoms with E-state index in [4.69, 9.17) is 5.73 Å². The predicted octanol–water partition coefficient (Wildman–Crippen LogP) is 0.287. The number of hydrogen-bond donors (Lipinski definition) is 3. The summed E-state index contributed by atoms with van der Waals surface area (Å²) >= 11 is 0. The number of carbonyl (C=O) groups excluding carboxylic acids is 1. The molecule has 0 aromatic carbocycles. The molecule has 4 nitrogen and oxygen atoms in total. The number of carbonyl (C=O) groups is 1. The number of rotatable bonds is 2. The van der Waals surface area contributed by atoms with Gasteiger partial charge in [0.05, 0.1) is 17.7 Å². The van der Waals surface area contributed by atoms with E-state index in [1.807, 2.05) is 0 Å². The second-order valence-corrected chi connectivity index (χ2v) is 4.94. The Balaban J connectivity index is 1.87. The highest BCUT2D eigenvalue weighted by atomic mass is 16.3. The first-order valence-electron chi connectivity index (χ1n) is 5.90. The summed E-state index contributed by atoms with van der Waals surface area (Å²) in [4.78, 5) is 11.8. The highest BCUT2D eigenvalue weighted by molar-refractivity contribution is 5.87. The quantitative estimate of drug-likeness (QED) is 0.615. The summed E-state index contributed by atoms with van der Waals surface area (Å²) in [6, 6.07) is -0.0766. The van der Waals surface area contributed by atoms with E-state index in [1.165, 1.54) is 0 Å². The first kappa shape index (κ1) is 10.9. The molecule has 2 fully saturated rings. The van der Waals surface area contributed by atoms with Crippen LogP contribution in [0, 0.1) is 0 Å². The van der Waals surface area contributed by atoms with Crippen LogP contribution in [-0.2, 0) is 4.79 Å². The van der Waals surface area contributed by atoms with Gasteiger partial charge in [-0.3, -0.25) is 4.79 Å². The fourth-order valence-electron chi connectivity index (χ4n) is 2.38. The average Bonchev–Trinajstić information content (AvgIpc) is 2.18. The van der Waals surface area contributed by atoms with Crippen molar-refractivity contribution in [3.63, 3.8) is 0 Å². The van der Waals surface area contributed by atoms with Crippen molar-refractivity contribution in [2.24, 2.45) is 5.73 Å². The molecule has 2 saturated carbocycles. The molecule has 0 saturated heterocycles. The molecule has 0 aliphatic heterocycles. The number of amides is 1. The van der Waals surface area contributed by atoms with Crippen LogP contribution in [0.3, 0.4) is 0 Å². The molecular weight excluding hydrogens is 192 g/mol. The third-order valence-corrected chi connectivity index (χ3v) is 3.74. The van der Waals surface area contributed by atoms with Crippen molar-refractivity contribution in [2.45, 2.75) is 62.6 Å². The Kier molecular flexibility index (Phi) is 2.98. The van der Waals surface area contributed by atoms with E-state index < -0.39 is 5.54 Å². The van der Waals surface area contributed by atoms with Gasteiger partial charge in [0, 0.05) is 0 Å². The number of aliphatic hydroxyl groups excluding tert-OH is 1. The highest BCUT2D eigenvalue weighted by Crippen LogP contribution is 2.30. The van der Waals surface area contributed by atoms with Crippen molar-refractivity contribution in [3.05, 3.63) is 0 Å². The number of nitrogens with one attached hydrogen (secondary N) is 1. The van der Waals surface area contributed by atoms with Crippen LogP contribution in [0.2, 0.25) is 0 Å². The number of hydrogen-bond acceptors (Lipinski definition) is 3. The molecule has 0 aromatic heterocycles. The summed E-state index contributed by atoms with van der Waals surface area (Å²) in [7, 11) is 0. The molecule has 4 heteroatoms. The lowest BCUT2D eigenvalue weighted by atomic mass is 9.76. The average molecular weight is 212 g/mol. The molecule has 2 aliphatic carbocycles. The fraction of sp³-hybridized carbons (Fsp3) is 0.909. The van der Waals surface area contributed by atoms with Crippen molar-refractivity contribution in [3.8, 4) is 0 Å². The molecule has 86 valence electrons. The fourth-order valence-corrected chi connectivity index (χ4v) is 2.38. The summed E-state index contributed by atoms with van der Waals surface area (Å²) in [5.74, 6) is -0.0697. The maximum Gasteiger partial charge on any atom is 0.240 e. The largest absolute Gasteiger partial charge is 0.391 e. The molecule has 2 rings (SSSR count). The first-order chi connectivity index (χ1) is 7.12. The SMILES string of the molecule is NC1(C(=O)NC2CCCCC2O)CCC1. The van der Waals surface area contributed by atoms with Gasteiger partial charge in [-0.1, -0.05) is 12.8 Å². The molecule has 1 amide bonds. The zero-order chi connectivity index (χ0) is 10.9. The monoisotopic (exact) mass is 212 g/mol. The first-order valence-corrected chi connectivity index (χ1v) is 5.90. The van der Waals surface area contributed by atoms with Crippen LogP contribution in [0.15, 0.2) is 0 Å². The lowest BCUT2D eigenvalue weighted by molar-refractivity contribution is -0.131. The van der Waals surface area contributed by atoms with E-state index in [-0.39, 0.29) is 18.1 Å². The molecule has 0 aromatic rings. The van der Waals surface area contributed by atoms with Crippen LogP contribution in [0.1, 0.15) is 44.9 Å². The topological polar surface area (TPSA) is 75.4 Å². The van der Waals surface area contributed by atoms with Gasteiger partial charge in [0.15, 0.2) is 0 Å². The van der Waals surface area contributed by atoms with E-state index >= 15 is 0 Å². The Hall–Kier alpha value is -0.610. The van der Waals surface area contributed by atoms with Crippen LogP contribution < -0.4 is 11.1 Å². The van der Waals surface area contributed by atoms with Crippen LogP contribution in [0.25, 0.3) is 0 Å². The zero-order valence-corrected chi connectivity index (χ0v) is 9.04. The summed E-state index contributed by atoms with van der Waals surface area (Å²) in [5.41, 5.74) is 5.27. The summed E-state index contributed by atoms with van der Waals surface area (Å²) in [6.45, 7) is 0. The van der Waals surface area contributed by atoms with Gasteiger partial charge in [0.2, 0.25) is 5.91 Å². The van der Waals surface area contributed by atoms with Crippen molar-refractivity contribution in [1.82, 2.24) is 5.32 Å². The maximum atomic E-state index is 11.8. The van der Waals surface area contributed by atoms with E-state index in [2.05, 4.69) is 5.32 Å². The van der Waals surface area contributed by atoms with E-state index in [9.17, 15) is 9.90 Å². The van der Waals surface area contributed by atoms with Gasteiger partial charge in [-0.2, -0.15) is 0 Å². The maximum absolute atomic E-state index is 11.8. The van der Waals surface area contributed by atoms with Crippen LogP contribution >= 0.6 is 0 Å². The summed E-state index contributed by atoms with van der Waals surface area (Å²) < 4.78 is 0. The molecule has 2 unspecified atom stereocenters. The lowest BCUT2D eigenvalue weighted by Crippen LogP contribution is -2.61. The standard InChI is InChI=1S/C11H20N2O2/c12-11(6-3-7-11)10(15)13-8-4-1-2-5-9(8)14/h8-9,14H,1-7,12H2,(H,13,15). The molecular formula is C11H20N2O2. The highest BCUT2D eigenvalue weighted by Gasteiger charge is 2.41. The van der Waals surface area contributed by atoms with E-state index in [0.29, 0.717) is 0 Å². The summed E-state index contributed by atoms with van der Waals surface area (Å²) in [6.07, 6.45) is 6.03. The van der Waals surface area contributed by atoms with Crippen LogP contribution in [0.4, 0.5) is 0 Å². The van der Waals surface area contributed by atoms with Crippen molar-refractivity contribution in [1.29, 1.82) is 0 Å². The molecule has 0 heterocycles. The molecule has 0 bridgehead atoms. The minimum absolute atomic E-state index is 0.0697. The molecule has 2 aliphatic rings. The van der Waals surface area contributed by atoms with Crippen LogP contribution in [-0.4, -0.2) is 28.7 Å². The van der Waals surface area contributed by atoms with Gasteiger partial charge in [0.1, 0.15) is 0 Å². The van der Waals surface area contributed by atoms with Gasteiger partial charge in [-0.15, -0.1) is 0 Å². The Labute approximate surface area is 90.2 Å².